The second-order valence-corrected chi connectivity index (χ2v) is 7.59. The van der Waals surface area contributed by atoms with E-state index in [9.17, 15) is 4.79 Å². The molecule has 3 heterocycles. The SMILES string of the molecule is CC(C)C(=O)N1CCC(Oc2ccc(-c3ccc4cccnc4c3)nc2)CC1. The maximum absolute atomic E-state index is 12.1. The number of benzene rings is 1. The third-order valence-corrected chi connectivity index (χ3v) is 5.19. The summed E-state index contributed by atoms with van der Waals surface area (Å²) in [7, 11) is 0. The molecule has 0 saturated carbocycles. The van der Waals surface area contributed by atoms with Gasteiger partial charge in [0.05, 0.1) is 17.4 Å². The van der Waals surface area contributed by atoms with Crippen molar-refractivity contribution >= 4 is 16.8 Å². The largest absolute Gasteiger partial charge is 0.489 e. The quantitative estimate of drug-likeness (QED) is 0.681. The molecule has 4 rings (SSSR count). The number of likely N-dealkylation sites (tertiary alicyclic amines) is 1. The molecule has 0 spiro atoms. The second-order valence-electron chi connectivity index (χ2n) is 7.59. The Morgan fingerprint density at radius 1 is 1.11 bits per heavy atom. The van der Waals surface area contributed by atoms with Crippen LogP contribution in [0.1, 0.15) is 26.7 Å². The van der Waals surface area contributed by atoms with E-state index < -0.39 is 0 Å². The molecule has 2 aromatic heterocycles. The number of carbonyl (C=O) groups is 1. The number of amides is 1. The molecule has 0 N–H and O–H groups in total. The Labute approximate surface area is 165 Å². The van der Waals surface area contributed by atoms with Gasteiger partial charge in [-0.3, -0.25) is 14.8 Å². The molecule has 1 aromatic carbocycles. The van der Waals surface area contributed by atoms with Gasteiger partial charge >= 0.3 is 0 Å². The van der Waals surface area contributed by atoms with Crippen molar-refractivity contribution in [1.29, 1.82) is 0 Å². The molecule has 144 valence electrons. The molecule has 1 aliphatic heterocycles. The van der Waals surface area contributed by atoms with Crippen LogP contribution in [0.5, 0.6) is 5.75 Å². The smallest absolute Gasteiger partial charge is 0.225 e. The topological polar surface area (TPSA) is 55.3 Å². The van der Waals surface area contributed by atoms with Gasteiger partial charge in [-0.25, -0.2) is 0 Å². The summed E-state index contributed by atoms with van der Waals surface area (Å²) in [5.74, 6) is 1.06. The van der Waals surface area contributed by atoms with Crippen molar-refractivity contribution in [3.63, 3.8) is 0 Å². The molecule has 1 aliphatic rings. The molecule has 1 saturated heterocycles. The van der Waals surface area contributed by atoms with Crippen molar-refractivity contribution in [2.45, 2.75) is 32.8 Å². The molecule has 1 amide bonds. The van der Waals surface area contributed by atoms with Gasteiger partial charge in [0, 0.05) is 49.0 Å². The van der Waals surface area contributed by atoms with Crippen molar-refractivity contribution in [1.82, 2.24) is 14.9 Å². The van der Waals surface area contributed by atoms with Crippen molar-refractivity contribution in [2.75, 3.05) is 13.1 Å². The van der Waals surface area contributed by atoms with Crippen LogP contribution in [0.4, 0.5) is 0 Å². The number of aromatic nitrogens is 2. The first-order valence-electron chi connectivity index (χ1n) is 9.87. The number of rotatable bonds is 4. The summed E-state index contributed by atoms with van der Waals surface area (Å²) in [6.45, 7) is 5.42. The van der Waals surface area contributed by atoms with E-state index in [1.165, 1.54) is 0 Å². The van der Waals surface area contributed by atoms with E-state index in [1.807, 2.05) is 36.9 Å². The molecule has 5 heteroatoms. The van der Waals surface area contributed by atoms with Crippen molar-refractivity contribution < 1.29 is 9.53 Å². The van der Waals surface area contributed by atoms with Crippen LogP contribution < -0.4 is 4.74 Å². The number of fused-ring (bicyclic) bond motifs is 1. The van der Waals surface area contributed by atoms with E-state index in [2.05, 4.69) is 34.2 Å². The highest BCUT2D eigenvalue weighted by molar-refractivity contribution is 5.83. The second kappa shape index (κ2) is 7.97. The molecule has 0 radical (unpaired) electrons. The predicted molar refractivity (Wildman–Crippen MR) is 110 cm³/mol. The Morgan fingerprint density at radius 2 is 1.93 bits per heavy atom. The molecular weight excluding hydrogens is 350 g/mol. The molecule has 0 atom stereocenters. The zero-order chi connectivity index (χ0) is 19.5. The lowest BCUT2D eigenvalue weighted by Crippen LogP contribution is -2.43. The normalized spacial score (nSPS) is 15.2. The van der Waals surface area contributed by atoms with Gasteiger partial charge in [-0.05, 0) is 24.3 Å². The van der Waals surface area contributed by atoms with Crippen LogP contribution in [-0.2, 0) is 4.79 Å². The summed E-state index contributed by atoms with van der Waals surface area (Å²) in [5, 5.41) is 1.12. The fraction of sp³-hybridized carbons (Fsp3) is 0.348. The first-order chi connectivity index (χ1) is 13.6. The third kappa shape index (κ3) is 3.98. The lowest BCUT2D eigenvalue weighted by Gasteiger charge is -2.33. The number of hydrogen-bond donors (Lipinski definition) is 0. The molecular formula is C23H25N3O2. The van der Waals surface area contributed by atoms with E-state index in [-0.39, 0.29) is 17.9 Å². The highest BCUT2D eigenvalue weighted by Gasteiger charge is 2.25. The van der Waals surface area contributed by atoms with Gasteiger partial charge < -0.3 is 9.64 Å². The lowest BCUT2D eigenvalue weighted by atomic mass is 10.1. The number of ether oxygens (including phenoxy) is 1. The Hall–Kier alpha value is -2.95. The van der Waals surface area contributed by atoms with Gasteiger partial charge in [-0.15, -0.1) is 0 Å². The molecule has 1 fully saturated rings. The zero-order valence-corrected chi connectivity index (χ0v) is 16.3. The summed E-state index contributed by atoms with van der Waals surface area (Å²) in [6, 6.07) is 14.1. The van der Waals surface area contributed by atoms with Crippen LogP contribution >= 0.6 is 0 Å². The van der Waals surface area contributed by atoms with Gasteiger partial charge in [0.15, 0.2) is 0 Å². The summed E-state index contributed by atoms with van der Waals surface area (Å²) in [6.07, 6.45) is 5.43. The number of carbonyl (C=O) groups excluding carboxylic acids is 1. The standard InChI is InChI=1S/C23H25N3O2/c1-16(2)23(27)26-12-9-19(10-13-26)28-20-7-8-21(25-15-20)18-6-5-17-4-3-11-24-22(17)14-18/h3-8,11,14-16,19H,9-10,12-13H2,1-2H3. The number of pyridine rings is 2. The van der Waals surface area contributed by atoms with Gasteiger partial charge in [0.25, 0.3) is 0 Å². The van der Waals surface area contributed by atoms with Crippen LogP contribution in [0, 0.1) is 5.92 Å². The van der Waals surface area contributed by atoms with Crippen LogP contribution in [0.25, 0.3) is 22.2 Å². The van der Waals surface area contributed by atoms with Gasteiger partial charge in [0.1, 0.15) is 11.9 Å². The number of piperidine rings is 1. The van der Waals surface area contributed by atoms with Crippen LogP contribution in [0.2, 0.25) is 0 Å². The first-order valence-corrected chi connectivity index (χ1v) is 9.87. The number of nitrogens with zero attached hydrogens (tertiary/aromatic N) is 3. The Bertz CT molecular complexity index is 961. The predicted octanol–water partition coefficient (Wildman–Crippen LogP) is 4.32. The highest BCUT2D eigenvalue weighted by atomic mass is 16.5. The lowest BCUT2D eigenvalue weighted by molar-refractivity contribution is -0.136. The number of hydrogen-bond acceptors (Lipinski definition) is 4. The monoisotopic (exact) mass is 375 g/mol. The van der Waals surface area contributed by atoms with E-state index in [1.54, 1.807) is 12.4 Å². The third-order valence-electron chi connectivity index (χ3n) is 5.19. The molecule has 0 unspecified atom stereocenters. The highest BCUT2D eigenvalue weighted by Crippen LogP contribution is 2.25. The summed E-state index contributed by atoms with van der Waals surface area (Å²) in [5.41, 5.74) is 2.90. The molecule has 0 aliphatic carbocycles. The average molecular weight is 375 g/mol. The van der Waals surface area contributed by atoms with Crippen molar-refractivity contribution in [2.24, 2.45) is 5.92 Å². The first kappa shape index (κ1) is 18.4. The minimum Gasteiger partial charge on any atom is -0.489 e. The van der Waals surface area contributed by atoms with Crippen LogP contribution in [0.15, 0.2) is 54.9 Å². The molecule has 3 aromatic rings. The van der Waals surface area contributed by atoms with Crippen LogP contribution in [0.3, 0.4) is 0 Å². The minimum atomic E-state index is 0.0551. The Morgan fingerprint density at radius 3 is 2.64 bits per heavy atom. The zero-order valence-electron chi connectivity index (χ0n) is 16.3. The summed E-state index contributed by atoms with van der Waals surface area (Å²) in [4.78, 5) is 23.0. The Kier molecular flexibility index (Phi) is 5.24. The molecule has 0 bridgehead atoms. The summed E-state index contributed by atoms with van der Waals surface area (Å²) >= 11 is 0. The molecule has 28 heavy (non-hydrogen) atoms. The molecule has 5 nitrogen and oxygen atoms in total. The van der Waals surface area contributed by atoms with E-state index >= 15 is 0 Å². The average Bonchev–Trinajstić information content (AvgIpc) is 2.74. The fourth-order valence-corrected chi connectivity index (χ4v) is 3.60. The fourth-order valence-electron chi connectivity index (χ4n) is 3.60. The minimum absolute atomic E-state index is 0.0551. The summed E-state index contributed by atoms with van der Waals surface area (Å²) < 4.78 is 6.09. The maximum Gasteiger partial charge on any atom is 0.225 e. The maximum atomic E-state index is 12.1. The van der Waals surface area contributed by atoms with E-state index in [0.29, 0.717) is 0 Å². The Balaban J connectivity index is 1.39. The van der Waals surface area contributed by atoms with Gasteiger partial charge in [0.2, 0.25) is 5.91 Å². The van der Waals surface area contributed by atoms with Crippen LogP contribution in [-0.4, -0.2) is 40.0 Å². The van der Waals surface area contributed by atoms with Crippen molar-refractivity contribution in [3.05, 3.63) is 54.9 Å². The van der Waals surface area contributed by atoms with Gasteiger partial charge in [-0.1, -0.05) is 32.0 Å². The van der Waals surface area contributed by atoms with Gasteiger partial charge in [-0.2, -0.15) is 0 Å². The van der Waals surface area contributed by atoms with E-state index in [0.717, 1.165) is 53.8 Å². The van der Waals surface area contributed by atoms with Crippen molar-refractivity contribution in [3.8, 4) is 17.0 Å². The van der Waals surface area contributed by atoms with E-state index in [4.69, 9.17) is 4.74 Å².